The van der Waals surface area contributed by atoms with Crippen molar-refractivity contribution in [2.24, 2.45) is 0 Å². The van der Waals surface area contributed by atoms with Crippen LogP contribution >= 0.6 is 11.3 Å². The highest BCUT2D eigenvalue weighted by Crippen LogP contribution is 2.30. The Morgan fingerprint density at radius 2 is 2.14 bits per heavy atom. The largest absolute Gasteiger partial charge is 0.506 e. The maximum atomic E-state index is 12.3. The number of anilines is 1. The Kier molecular flexibility index (Phi) is 3.77. The number of carbonyl (C=O) groups is 1. The molecule has 0 aliphatic rings. The maximum absolute atomic E-state index is 12.3. The van der Waals surface area contributed by atoms with Gasteiger partial charge in [-0.3, -0.25) is 15.1 Å². The molecule has 1 aromatic carbocycles. The Hall–Kier alpha value is -2.47. The molecule has 0 spiro atoms. The summed E-state index contributed by atoms with van der Waals surface area (Å²) in [5.74, 6) is -0.144. The lowest BCUT2D eigenvalue weighted by Gasteiger charge is -2.10. The number of nitrogens with one attached hydrogen (secondary N) is 1. The van der Waals surface area contributed by atoms with Gasteiger partial charge in [0.15, 0.2) is 5.13 Å². The summed E-state index contributed by atoms with van der Waals surface area (Å²) in [6.07, 6.45) is 2.99. The first-order valence-corrected chi connectivity index (χ1v) is 7.76. The van der Waals surface area contributed by atoms with E-state index in [4.69, 9.17) is 0 Å². The zero-order valence-corrected chi connectivity index (χ0v) is 13.0. The molecule has 0 fully saturated rings. The lowest BCUT2D eigenvalue weighted by molar-refractivity contribution is 0.102. The van der Waals surface area contributed by atoms with Crippen LogP contribution in [0.15, 0.2) is 36.0 Å². The molecule has 0 aliphatic heterocycles. The van der Waals surface area contributed by atoms with Gasteiger partial charge in [-0.2, -0.15) is 0 Å². The minimum absolute atomic E-state index is 0.0541. The molecule has 3 aromatic rings. The molecule has 6 heteroatoms. The van der Waals surface area contributed by atoms with Gasteiger partial charge < -0.3 is 5.11 Å². The van der Waals surface area contributed by atoms with Crippen LogP contribution in [0, 0.1) is 0 Å². The lowest BCUT2D eigenvalue weighted by Crippen LogP contribution is -2.12. The Labute approximate surface area is 131 Å². The Bertz CT molecular complexity index is 829. The summed E-state index contributed by atoms with van der Waals surface area (Å²) in [5.41, 5.74) is 1.89. The lowest BCUT2D eigenvalue weighted by atomic mass is 10.00. The fraction of sp³-hybridized carbons (Fsp3) is 0.188. The van der Waals surface area contributed by atoms with Crippen LogP contribution in [-0.4, -0.2) is 21.0 Å². The predicted molar refractivity (Wildman–Crippen MR) is 87.6 cm³/mol. The molecule has 0 aliphatic carbocycles. The van der Waals surface area contributed by atoms with Gasteiger partial charge in [-0.15, -0.1) is 11.3 Å². The fourth-order valence-corrected chi connectivity index (χ4v) is 2.70. The Morgan fingerprint density at radius 1 is 1.32 bits per heavy atom. The molecule has 0 saturated carbocycles. The molecule has 0 unspecified atom stereocenters. The minimum Gasteiger partial charge on any atom is -0.506 e. The average molecular weight is 313 g/mol. The smallest absolute Gasteiger partial charge is 0.262 e. The zero-order valence-electron chi connectivity index (χ0n) is 12.2. The minimum atomic E-state index is -0.420. The molecule has 0 bridgehead atoms. The number of amides is 1. The monoisotopic (exact) mass is 313 g/mol. The van der Waals surface area contributed by atoms with E-state index in [0.29, 0.717) is 22.0 Å². The van der Waals surface area contributed by atoms with Gasteiger partial charge in [0.1, 0.15) is 11.3 Å². The first kappa shape index (κ1) is 14.5. The van der Waals surface area contributed by atoms with E-state index in [-0.39, 0.29) is 11.3 Å². The molecule has 112 valence electrons. The van der Waals surface area contributed by atoms with Crippen molar-refractivity contribution in [2.75, 3.05) is 5.32 Å². The molecule has 3 rings (SSSR count). The molecule has 2 heterocycles. The number of fused-ring (bicyclic) bond motifs is 1. The second kappa shape index (κ2) is 5.73. The van der Waals surface area contributed by atoms with Crippen molar-refractivity contribution < 1.29 is 9.90 Å². The van der Waals surface area contributed by atoms with Crippen molar-refractivity contribution in [1.82, 2.24) is 9.97 Å². The molecule has 0 atom stereocenters. The molecule has 2 N–H and O–H groups in total. The summed E-state index contributed by atoms with van der Waals surface area (Å²) in [5, 5.41) is 15.9. The van der Waals surface area contributed by atoms with Crippen LogP contribution in [0.25, 0.3) is 10.9 Å². The van der Waals surface area contributed by atoms with Crippen molar-refractivity contribution in [3.63, 3.8) is 0 Å². The number of nitrogens with zero attached hydrogens (tertiary/aromatic N) is 2. The molecule has 5 nitrogen and oxygen atoms in total. The molecule has 2 aromatic heterocycles. The van der Waals surface area contributed by atoms with Crippen molar-refractivity contribution in [3.8, 4) is 5.75 Å². The number of rotatable bonds is 3. The van der Waals surface area contributed by atoms with Gasteiger partial charge in [0, 0.05) is 23.2 Å². The third-order valence-corrected chi connectivity index (χ3v) is 4.12. The van der Waals surface area contributed by atoms with Gasteiger partial charge in [0.05, 0.1) is 5.52 Å². The molecule has 0 saturated heterocycles. The zero-order chi connectivity index (χ0) is 15.7. The van der Waals surface area contributed by atoms with Gasteiger partial charge in [-0.25, -0.2) is 4.98 Å². The molecule has 22 heavy (non-hydrogen) atoms. The van der Waals surface area contributed by atoms with Gasteiger partial charge in [0.2, 0.25) is 0 Å². The number of benzene rings is 1. The summed E-state index contributed by atoms with van der Waals surface area (Å²) in [6.45, 7) is 4.15. The number of aromatic nitrogens is 2. The number of carbonyl (C=O) groups excluding carboxylic acids is 1. The Balaban J connectivity index is 2.03. The normalized spacial score (nSPS) is 11.0. The number of hydrogen-bond acceptors (Lipinski definition) is 5. The summed E-state index contributed by atoms with van der Waals surface area (Å²) in [4.78, 5) is 20.5. The second-order valence-corrected chi connectivity index (χ2v) is 6.14. The van der Waals surface area contributed by atoms with Crippen LogP contribution in [0.1, 0.15) is 35.7 Å². The maximum Gasteiger partial charge on any atom is 0.262 e. The van der Waals surface area contributed by atoms with Crippen molar-refractivity contribution in [2.45, 2.75) is 19.8 Å². The van der Waals surface area contributed by atoms with E-state index in [2.05, 4.69) is 29.1 Å². The first-order valence-electron chi connectivity index (χ1n) is 6.88. The topological polar surface area (TPSA) is 75.1 Å². The van der Waals surface area contributed by atoms with E-state index in [1.807, 2.05) is 18.2 Å². The highest BCUT2D eigenvalue weighted by molar-refractivity contribution is 7.13. The standard InChI is InChI=1S/C16H15N3O2S/c1-9(2)10-3-4-13-11(7-10)14(20)12(8-18-13)15(21)19-16-17-5-6-22-16/h3-9H,1-2H3,(H,18,20)(H,17,19,21). The number of pyridine rings is 1. The number of hydrogen-bond donors (Lipinski definition) is 2. The summed E-state index contributed by atoms with van der Waals surface area (Å²) in [6, 6.07) is 5.71. The van der Waals surface area contributed by atoms with E-state index in [9.17, 15) is 9.90 Å². The van der Waals surface area contributed by atoms with Gasteiger partial charge >= 0.3 is 0 Å². The van der Waals surface area contributed by atoms with Crippen LogP contribution in [0.3, 0.4) is 0 Å². The van der Waals surface area contributed by atoms with E-state index >= 15 is 0 Å². The molecule has 0 radical (unpaired) electrons. The highest BCUT2D eigenvalue weighted by Gasteiger charge is 2.16. The van der Waals surface area contributed by atoms with E-state index in [1.54, 1.807) is 11.6 Å². The van der Waals surface area contributed by atoms with Crippen LogP contribution in [-0.2, 0) is 0 Å². The molecular weight excluding hydrogens is 298 g/mol. The number of aromatic hydroxyl groups is 1. The SMILES string of the molecule is CC(C)c1ccc2ncc(C(=O)Nc3nccs3)c(O)c2c1. The summed E-state index contributed by atoms with van der Waals surface area (Å²) in [7, 11) is 0. The average Bonchev–Trinajstić information content (AvgIpc) is 3.00. The first-order chi connectivity index (χ1) is 10.6. The third kappa shape index (κ3) is 2.65. The van der Waals surface area contributed by atoms with E-state index < -0.39 is 5.91 Å². The second-order valence-electron chi connectivity index (χ2n) is 5.24. The van der Waals surface area contributed by atoms with Crippen molar-refractivity contribution in [3.05, 3.63) is 47.1 Å². The highest BCUT2D eigenvalue weighted by atomic mass is 32.1. The Morgan fingerprint density at radius 3 is 2.82 bits per heavy atom. The van der Waals surface area contributed by atoms with Crippen LogP contribution in [0.2, 0.25) is 0 Å². The van der Waals surface area contributed by atoms with Crippen LogP contribution < -0.4 is 5.32 Å². The number of thiazole rings is 1. The summed E-state index contributed by atoms with van der Waals surface area (Å²) < 4.78 is 0. The van der Waals surface area contributed by atoms with Gasteiger partial charge in [0.25, 0.3) is 5.91 Å². The predicted octanol–water partition coefficient (Wildman–Crippen LogP) is 3.77. The third-order valence-electron chi connectivity index (χ3n) is 3.43. The quantitative estimate of drug-likeness (QED) is 0.771. The van der Waals surface area contributed by atoms with Crippen LogP contribution in [0.4, 0.5) is 5.13 Å². The van der Waals surface area contributed by atoms with Crippen molar-refractivity contribution >= 4 is 33.3 Å². The van der Waals surface area contributed by atoms with Gasteiger partial charge in [-0.05, 0) is 23.6 Å². The molecular formula is C16H15N3O2S. The van der Waals surface area contributed by atoms with E-state index in [1.165, 1.54) is 17.5 Å². The van der Waals surface area contributed by atoms with Gasteiger partial charge in [-0.1, -0.05) is 19.9 Å². The van der Waals surface area contributed by atoms with E-state index in [0.717, 1.165) is 5.56 Å². The fourth-order valence-electron chi connectivity index (χ4n) is 2.17. The molecule has 1 amide bonds. The van der Waals surface area contributed by atoms with Crippen molar-refractivity contribution in [1.29, 1.82) is 0 Å². The summed E-state index contributed by atoms with van der Waals surface area (Å²) >= 11 is 1.32. The van der Waals surface area contributed by atoms with Crippen LogP contribution in [0.5, 0.6) is 5.75 Å².